The van der Waals surface area contributed by atoms with Crippen molar-refractivity contribution in [2.24, 2.45) is 5.10 Å². The van der Waals surface area contributed by atoms with E-state index >= 15 is 0 Å². The Morgan fingerprint density at radius 3 is 2.78 bits per heavy atom. The highest BCUT2D eigenvalue weighted by Gasteiger charge is 2.17. The molecule has 0 saturated carbocycles. The summed E-state index contributed by atoms with van der Waals surface area (Å²) in [5, 5.41) is 15.3. The van der Waals surface area contributed by atoms with E-state index in [1.165, 1.54) is 4.68 Å². The van der Waals surface area contributed by atoms with Gasteiger partial charge in [0.05, 0.1) is 17.1 Å². The van der Waals surface area contributed by atoms with Gasteiger partial charge in [-0.1, -0.05) is 47.5 Å². The minimum Gasteiger partial charge on any atom is -0.480 e. The number of hydrogen-bond donors (Lipinski definition) is 1. The van der Waals surface area contributed by atoms with Crippen LogP contribution in [-0.2, 0) is 11.2 Å². The van der Waals surface area contributed by atoms with Crippen LogP contribution in [0.5, 0.6) is 0 Å². The number of carbonyl (C=O) groups is 1. The first-order chi connectivity index (χ1) is 15.4. The van der Waals surface area contributed by atoms with Crippen LogP contribution in [-0.4, -0.2) is 31.5 Å². The Hall–Kier alpha value is -3.26. The lowest BCUT2D eigenvalue weighted by atomic mass is 10.2. The van der Waals surface area contributed by atoms with Crippen molar-refractivity contribution in [3.8, 4) is 0 Å². The molecule has 7 nitrogen and oxygen atoms in total. The fourth-order valence-corrected chi connectivity index (χ4v) is 4.07. The van der Waals surface area contributed by atoms with E-state index in [-0.39, 0.29) is 5.56 Å². The number of fused-ring (bicyclic) bond motifs is 2. The summed E-state index contributed by atoms with van der Waals surface area (Å²) in [6, 6.07) is 12.3. The molecule has 1 atom stereocenters. The number of aliphatic carboxylic acids is 1. The quantitative estimate of drug-likeness (QED) is 0.366. The summed E-state index contributed by atoms with van der Waals surface area (Å²) < 4.78 is 3.86. The zero-order chi connectivity index (χ0) is 22.8. The monoisotopic (exact) mass is 494 g/mol. The smallest absolute Gasteiger partial charge is 0.326 e. The summed E-state index contributed by atoms with van der Waals surface area (Å²) in [5.74, 6) is -0.317. The Kier molecular flexibility index (Phi) is 6.23. The minimum absolute atomic E-state index is 0.235. The number of aromatic nitrogens is 3. The van der Waals surface area contributed by atoms with Crippen LogP contribution in [0.1, 0.15) is 44.1 Å². The average molecular weight is 495 g/mol. The van der Waals surface area contributed by atoms with Gasteiger partial charge >= 0.3 is 5.97 Å². The fourth-order valence-electron chi connectivity index (χ4n) is 3.70. The molecule has 0 bridgehead atoms. The highest BCUT2D eigenvalue weighted by Crippen LogP contribution is 2.24. The second kappa shape index (κ2) is 9.08. The summed E-state index contributed by atoms with van der Waals surface area (Å²) in [5.41, 5.74) is 1.93. The maximum atomic E-state index is 13.3. The van der Waals surface area contributed by atoms with Gasteiger partial charge in [-0.25, -0.2) is 9.78 Å². The third kappa shape index (κ3) is 4.10. The zero-order valence-electron chi connectivity index (χ0n) is 17.8. The molecule has 0 saturated heterocycles. The third-order valence-electron chi connectivity index (χ3n) is 5.49. The summed E-state index contributed by atoms with van der Waals surface area (Å²) >= 11 is 3.42. The first kappa shape index (κ1) is 22.0. The van der Waals surface area contributed by atoms with Gasteiger partial charge in [-0.2, -0.15) is 9.78 Å². The number of hydrogen-bond acceptors (Lipinski definition) is 4. The molecule has 0 unspecified atom stereocenters. The van der Waals surface area contributed by atoms with E-state index in [1.807, 2.05) is 36.4 Å². The van der Waals surface area contributed by atoms with Crippen LogP contribution in [0.4, 0.5) is 0 Å². The molecule has 4 rings (SSSR count). The topological polar surface area (TPSA) is 89.5 Å². The standard InChI is InChI=1S/C24H23BrN4O3/c1-3-4-9-22-27-20-11-10-17(25)12-19(20)23(30)29(22)26-13-16-14-28(15(2)24(31)32)21-8-6-5-7-18(16)21/h5-8,10-15H,3-4,9H2,1-2H3,(H,31,32)/t15-/m1/s1. The highest BCUT2D eigenvalue weighted by molar-refractivity contribution is 9.10. The molecule has 0 aliphatic heterocycles. The Balaban J connectivity index is 1.87. The molecule has 1 N–H and O–H groups in total. The lowest BCUT2D eigenvalue weighted by molar-refractivity contribution is -0.140. The Bertz CT molecular complexity index is 1400. The number of carboxylic acids is 1. The largest absolute Gasteiger partial charge is 0.480 e. The molecule has 0 aliphatic rings. The maximum Gasteiger partial charge on any atom is 0.326 e. The number of halogens is 1. The number of aryl methyl sites for hydroxylation is 1. The molecule has 32 heavy (non-hydrogen) atoms. The van der Waals surface area contributed by atoms with Crippen LogP contribution in [0.2, 0.25) is 0 Å². The van der Waals surface area contributed by atoms with Gasteiger partial charge < -0.3 is 9.67 Å². The minimum atomic E-state index is -0.920. The first-order valence-electron chi connectivity index (χ1n) is 10.5. The van der Waals surface area contributed by atoms with Gasteiger partial charge in [0.15, 0.2) is 0 Å². The summed E-state index contributed by atoms with van der Waals surface area (Å²) in [7, 11) is 0. The van der Waals surface area contributed by atoms with E-state index in [0.29, 0.717) is 23.1 Å². The van der Waals surface area contributed by atoms with Gasteiger partial charge in [0.2, 0.25) is 0 Å². The number of unbranched alkanes of at least 4 members (excludes halogenated alkanes) is 1. The molecular formula is C24H23BrN4O3. The van der Waals surface area contributed by atoms with E-state index in [1.54, 1.807) is 30.0 Å². The SMILES string of the molecule is CCCCc1nc2ccc(Br)cc2c(=O)n1N=Cc1cn([C@H](C)C(=O)O)c2ccccc12. The Labute approximate surface area is 193 Å². The molecule has 2 aromatic heterocycles. The first-order valence-corrected chi connectivity index (χ1v) is 11.3. The van der Waals surface area contributed by atoms with E-state index in [0.717, 1.165) is 33.8 Å². The number of carboxylic acid groups (broad SMARTS) is 1. The van der Waals surface area contributed by atoms with Gasteiger partial charge in [0.25, 0.3) is 5.56 Å². The molecule has 4 aromatic rings. The predicted molar refractivity (Wildman–Crippen MR) is 130 cm³/mol. The van der Waals surface area contributed by atoms with Crippen molar-refractivity contribution in [3.05, 3.63) is 74.9 Å². The molecule has 0 fully saturated rings. The molecule has 2 aromatic carbocycles. The lowest BCUT2D eigenvalue weighted by Gasteiger charge is -2.09. The Morgan fingerprint density at radius 1 is 1.25 bits per heavy atom. The van der Waals surface area contributed by atoms with E-state index in [4.69, 9.17) is 4.98 Å². The number of benzene rings is 2. The summed E-state index contributed by atoms with van der Waals surface area (Å²) in [4.78, 5) is 29.5. The van der Waals surface area contributed by atoms with Crippen molar-refractivity contribution >= 4 is 49.9 Å². The van der Waals surface area contributed by atoms with Crippen LogP contribution in [0.15, 0.2) is 63.0 Å². The number of rotatable bonds is 7. The molecule has 0 radical (unpaired) electrons. The molecule has 2 heterocycles. The van der Waals surface area contributed by atoms with Crippen LogP contribution in [0, 0.1) is 0 Å². The number of para-hydroxylation sites is 1. The molecule has 0 spiro atoms. The zero-order valence-corrected chi connectivity index (χ0v) is 19.4. The van der Waals surface area contributed by atoms with Crippen molar-refractivity contribution in [2.75, 3.05) is 0 Å². The van der Waals surface area contributed by atoms with Crippen molar-refractivity contribution in [2.45, 2.75) is 39.2 Å². The van der Waals surface area contributed by atoms with Gasteiger partial charge in [-0.15, -0.1) is 0 Å². The maximum absolute atomic E-state index is 13.3. The third-order valence-corrected chi connectivity index (χ3v) is 5.98. The van der Waals surface area contributed by atoms with E-state index < -0.39 is 12.0 Å². The van der Waals surface area contributed by atoms with Crippen molar-refractivity contribution in [1.82, 2.24) is 14.2 Å². The lowest BCUT2D eigenvalue weighted by Crippen LogP contribution is -2.22. The second-order valence-corrected chi connectivity index (χ2v) is 8.59. The molecule has 8 heteroatoms. The normalized spacial score (nSPS) is 12.7. The van der Waals surface area contributed by atoms with Gasteiger partial charge in [-0.05, 0) is 37.6 Å². The summed E-state index contributed by atoms with van der Waals surface area (Å²) in [6.07, 6.45) is 5.86. The molecular weight excluding hydrogens is 472 g/mol. The van der Waals surface area contributed by atoms with E-state index in [9.17, 15) is 14.7 Å². The molecule has 164 valence electrons. The van der Waals surface area contributed by atoms with Crippen molar-refractivity contribution in [3.63, 3.8) is 0 Å². The van der Waals surface area contributed by atoms with Crippen LogP contribution >= 0.6 is 15.9 Å². The average Bonchev–Trinajstić information content (AvgIpc) is 3.15. The van der Waals surface area contributed by atoms with Gasteiger partial charge in [0.1, 0.15) is 11.9 Å². The predicted octanol–water partition coefficient (Wildman–Crippen LogP) is 4.98. The highest BCUT2D eigenvalue weighted by atomic mass is 79.9. The van der Waals surface area contributed by atoms with Crippen LogP contribution < -0.4 is 5.56 Å². The Morgan fingerprint density at radius 2 is 2.03 bits per heavy atom. The van der Waals surface area contributed by atoms with Gasteiger partial charge in [-0.3, -0.25) is 4.79 Å². The van der Waals surface area contributed by atoms with Crippen LogP contribution in [0.25, 0.3) is 21.8 Å². The van der Waals surface area contributed by atoms with Gasteiger partial charge in [0, 0.05) is 33.6 Å². The van der Waals surface area contributed by atoms with Crippen molar-refractivity contribution in [1.29, 1.82) is 0 Å². The van der Waals surface area contributed by atoms with E-state index in [2.05, 4.69) is 28.0 Å². The number of nitrogens with zero attached hydrogens (tertiary/aromatic N) is 4. The molecule has 0 amide bonds. The summed E-state index contributed by atoms with van der Waals surface area (Å²) in [6.45, 7) is 3.72. The van der Waals surface area contributed by atoms with Crippen molar-refractivity contribution < 1.29 is 9.90 Å². The van der Waals surface area contributed by atoms with Crippen LogP contribution in [0.3, 0.4) is 0 Å². The second-order valence-electron chi connectivity index (χ2n) is 7.68. The fraction of sp³-hybridized carbons (Fsp3) is 0.250. The molecule has 0 aliphatic carbocycles.